The highest BCUT2D eigenvalue weighted by atomic mass is 32.2. The van der Waals surface area contributed by atoms with Gasteiger partial charge in [-0.25, -0.2) is 8.42 Å². The molecule has 116 valence electrons. The molecule has 1 heterocycles. The number of nitro groups is 1. The first-order valence-electron chi connectivity index (χ1n) is 6.73. The topological polar surface area (TPSA) is 92.5 Å². The number of hydrogen-bond acceptors (Lipinski definition) is 5. The molecule has 1 aliphatic rings. The third kappa shape index (κ3) is 3.07. The van der Waals surface area contributed by atoms with Crippen molar-refractivity contribution in [3.63, 3.8) is 0 Å². The van der Waals surface area contributed by atoms with E-state index < -0.39 is 14.9 Å². The van der Waals surface area contributed by atoms with Crippen LogP contribution in [0.25, 0.3) is 0 Å². The molecular weight excluding hydrogens is 294 g/mol. The molecule has 0 spiro atoms. The standard InChI is InChI=1S/C13H19N3O4S/c1-9-4-5-12(16(17)18)6-13(9)21(19,20)15-8-10(2)14-7-11(15)3/h4-6,10-11,14H,7-8H2,1-3H3. The second kappa shape index (κ2) is 5.70. The molecule has 0 amide bonds. The van der Waals surface area contributed by atoms with Gasteiger partial charge in [0, 0.05) is 37.3 Å². The Bertz CT molecular complexity index is 659. The van der Waals surface area contributed by atoms with E-state index in [0.717, 1.165) is 6.07 Å². The van der Waals surface area contributed by atoms with Crippen LogP contribution in [0.4, 0.5) is 5.69 Å². The Morgan fingerprint density at radius 1 is 1.38 bits per heavy atom. The summed E-state index contributed by atoms with van der Waals surface area (Å²) >= 11 is 0. The fourth-order valence-corrected chi connectivity index (χ4v) is 4.39. The predicted molar refractivity (Wildman–Crippen MR) is 78.7 cm³/mol. The number of non-ortho nitro benzene ring substituents is 1. The lowest BCUT2D eigenvalue weighted by Gasteiger charge is -2.36. The van der Waals surface area contributed by atoms with Gasteiger partial charge in [-0.1, -0.05) is 6.07 Å². The fraction of sp³-hybridized carbons (Fsp3) is 0.538. The Labute approximate surface area is 124 Å². The van der Waals surface area contributed by atoms with Gasteiger partial charge < -0.3 is 5.32 Å². The van der Waals surface area contributed by atoms with Crippen LogP contribution in [0.3, 0.4) is 0 Å². The number of aryl methyl sites for hydroxylation is 1. The summed E-state index contributed by atoms with van der Waals surface area (Å²) in [6, 6.07) is 3.80. The molecule has 1 N–H and O–H groups in total. The average molecular weight is 313 g/mol. The van der Waals surface area contributed by atoms with Crippen LogP contribution in [0.2, 0.25) is 0 Å². The first-order chi connectivity index (χ1) is 9.73. The highest BCUT2D eigenvalue weighted by molar-refractivity contribution is 7.89. The van der Waals surface area contributed by atoms with Gasteiger partial charge in [0.25, 0.3) is 5.69 Å². The van der Waals surface area contributed by atoms with Crippen molar-refractivity contribution in [3.8, 4) is 0 Å². The lowest BCUT2D eigenvalue weighted by molar-refractivity contribution is -0.385. The lowest BCUT2D eigenvalue weighted by atomic mass is 10.2. The Balaban J connectivity index is 2.48. The number of benzene rings is 1. The van der Waals surface area contributed by atoms with Crippen molar-refractivity contribution in [3.05, 3.63) is 33.9 Å². The quantitative estimate of drug-likeness (QED) is 0.670. The van der Waals surface area contributed by atoms with E-state index in [-0.39, 0.29) is 22.7 Å². The molecule has 0 bridgehead atoms. The van der Waals surface area contributed by atoms with Gasteiger partial charge >= 0.3 is 0 Å². The monoisotopic (exact) mass is 313 g/mol. The number of nitrogens with one attached hydrogen (secondary N) is 1. The molecule has 0 saturated carbocycles. The molecule has 8 heteroatoms. The van der Waals surface area contributed by atoms with Crippen LogP contribution in [0.15, 0.2) is 23.1 Å². The van der Waals surface area contributed by atoms with Crippen molar-refractivity contribution in [2.75, 3.05) is 13.1 Å². The first-order valence-corrected chi connectivity index (χ1v) is 8.17. The molecule has 21 heavy (non-hydrogen) atoms. The van der Waals surface area contributed by atoms with Gasteiger partial charge in [-0.2, -0.15) is 4.31 Å². The fourth-order valence-electron chi connectivity index (χ4n) is 2.43. The molecule has 2 rings (SSSR count). The summed E-state index contributed by atoms with van der Waals surface area (Å²) in [5.41, 5.74) is 0.300. The molecule has 2 atom stereocenters. The van der Waals surface area contributed by atoms with E-state index in [1.54, 1.807) is 6.92 Å². The number of rotatable bonds is 3. The first kappa shape index (κ1) is 15.9. The number of hydrogen-bond donors (Lipinski definition) is 1. The molecule has 0 aliphatic carbocycles. The van der Waals surface area contributed by atoms with Gasteiger partial charge in [-0.15, -0.1) is 0 Å². The van der Waals surface area contributed by atoms with Crippen molar-refractivity contribution in [2.24, 2.45) is 0 Å². The molecule has 0 radical (unpaired) electrons. The number of nitro benzene ring substituents is 1. The van der Waals surface area contributed by atoms with Crippen molar-refractivity contribution < 1.29 is 13.3 Å². The smallest absolute Gasteiger partial charge is 0.270 e. The van der Waals surface area contributed by atoms with Gasteiger partial charge in [0.15, 0.2) is 0 Å². The minimum Gasteiger partial charge on any atom is -0.311 e. The van der Waals surface area contributed by atoms with Gasteiger partial charge in [-0.3, -0.25) is 10.1 Å². The van der Waals surface area contributed by atoms with E-state index in [1.807, 2.05) is 13.8 Å². The van der Waals surface area contributed by atoms with Crippen molar-refractivity contribution in [2.45, 2.75) is 37.8 Å². The zero-order valence-corrected chi connectivity index (χ0v) is 13.1. The zero-order valence-electron chi connectivity index (χ0n) is 12.2. The summed E-state index contributed by atoms with van der Waals surface area (Å²) in [7, 11) is -3.74. The van der Waals surface area contributed by atoms with Crippen molar-refractivity contribution in [1.82, 2.24) is 9.62 Å². The maximum Gasteiger partial charge on any atom is 0.270 e. The highest BCUT2D eigenvalue weighted by Crippen LogP contribution is 2.27. The summed E-state index contributed by atoms with van der Waals surface area (Å²) < 4.78 is 27.0. The highest BCUT2D eigenvalue weighted by Gasteiger charge is 2.34. The Morgan fingerprint density at radius 3 is 2.67 bits per heavy atom. The Kier molecular flexibility index (Phi) is 4.31. The number of sulfonamides is 1. The van der Waals surface area contributed by atoms with Crippen LogP contribution in [0, 0.1) is 17.0 Å². The van der Waals surface area contributed by atoms with E-state index in [0.29, 0.717) is 18.7 Å². The molecule has 1 saturated heterocycles. The molecule has 2 unspecified atom stereocenters. The van der Waals surface area contributed by atoms with Crippen LogP contribution in [0.1, 0.15) is 19.4 Å². The summed E-state index contributed by atoms with van der Waals surface area (Å²) in [6.45, 7) is 6.30. The molecule has 7 nitrogen and oxygen atoms in total. The molecular formula is C13H19N3O4S. The second-order valence-electron chi connectivity index (χ2n) is 5.44. The normalized spacial score (nSPS) is 24.0. The van der Waals surface area contributed by atoms with E-state index in [2.05, 4.69) is 5.32 Å². The van der Waals surface area contributed by atoms with Crippen LogP contribution in [-0.2, 0) is 10.0 Å². The van der Waals surface area contributed by atoms with Crippen molar-refractivity contribution in [1.29, 1.82) is 0 Å². The maximum atomic E-state index is 12.8. The van der Waals surface area contributed by atoms with Crippen LogP contribution in [0.5, 0.6) is 0 Å². The van der Waals surface area contributed by atoms with Crippen LogP contribution >= 0.6 is 0 Å². The summed E-state index contributed by atoms with van der Waals surface area (Å²) in [4.78, 5) is 10.3. The number of piperazine rings is 1. The minimum atomic E-state index is -3.74. The van der Waals surface area contributed by atoms with Gasteiger partial charge in [0.05, 0.1) is 9.82 Å². The Morgan fingerprint density at radius 2 is 2.05 bits per heavy atom. The average Bonchev–Trinajstić information content (AvgIpc) is 2.41. The Hall–Kier alpha value is -1.51. The summed E-state index contributed by atoms with van der Waals surface area (Å²) in [5.74, 6) is 0. The molecule has 1 aliphatic heterocycles. The summed E-state index contributed by atoms with van der Waals surface area (Å²) in [6.07, 6.45) is 0. The van der Waals surface area contributed by atoms with E-state index in [9.17, 15) is 18.5 Å². The van der Waals surface area contributed by atoms with Gasteiger partial charge in [0.1, 0.15) is 0 Å². The molecule has 0 aromatic heterocycles. The van der Waals surface area contributed by atoms with Crippen LogP contribution in [-0.4, -0.2) is 42.8 Å². The predicted octanol–water partition coefficient (Wildman–Crippen LogP) is 1.27. The lowest BCUT2D eigenvalue weighted by Crippen LogP contribution is -2.56. The molecule has 1 aromatic rings. The maximum absolute atomic E-state index is 12.8. The van der Waals surface area contributed by atoms with E-state index in [1.165, 1.54) is 16.4 Å². The second-order valence-corrected chi connectivity index (χ2v) is 7.30. The van der Waals surface area contributed by atoms with Crippen molar-refractivity contribution >= 4 is 15.7 Å². The largest absolute Gasteiger partial charge is 0.311 e. The third-order valence-corrected chi connectivity index (χ3v) is 5.80. The van der Waals surface area contributed by atoms with E-state index >= 15 is 0 Å². The zero-order chi connectivity index (χ0) is 15.8. The minimum absolute atomic E-state index is 0.0117. The van der Waals surface area contributed by atoms with Gasteiger partial charge in [-0.05, 0) is 26.3 Å². The van der Waals surface area contributed by atoms with Gasteiger partial charge in [0.2, 0.25) is 10.0 Å². The summed E-state index contributed by atoms with van der Waals surface area (Å²) in [5, 5.41) is 14.1. The molecule has 1 aromatic carbocycles. The third-order valence-electron chi connectivity index (χ3n) is 3.68. The number of nitrogens with zero attached hydrogens (tertiary/aromatic N) is 2. The van der Waals surface area contributed by atoms with Crippen LogP contribution < -0.4 is 5.32 Å². The molecule has 1 fully saturated rings. The SMILES string of the molecule is Cc1ccc([N+](=O)[O-])cc1S(=O)(=O)N1CC(C)NCC1C. The van der Waals surface area contributed by atoms with E-state index in [4.69, 9.17) is 0 Å².